The number of hydrogen-bond acceptors (Lipinski definition) is 3. The summed E-state index contributed by atoms with van der Waals surface area (Å²) in [6.07, 6.45) is 7.11. The third-order valence-electron chi connectivity index (χ3n) is 4.55. The number of primary amides is 1. The SMILES string of the molecule is NC(=O)c1ccc(NC2CCOC3(CCCC3)C2)cc1. The van der Waals surface area contributed by atoms with Crippen molar-refractivity contribution >= 4 is 11.6 Å². The van der Waals surface area contributed by atoms with Gasteiger partial charge >= 0.3 is 0 Å². The summed E-state index contributed by atoms with van der Waals surface area (Å²) in [4.78, 5) is 11.1. The van der Waals surface area contributed by atoms with E-state index in [2.05, 4.69) is 5.32 Å². The third-order valence-corrected chi connectivity index (χ3v) is 4.55. The van der Waals surface area contributed by atoms with E-state index < -0.39 is 0 Å². The number of amides is 1. The molecule has 1 aliphatic carbocycles. The molecule has 1 aromatic carbocycles. The number of carbonyl (C=O) groups excluding carboxylic acids is 1. The Bertz CT molecular complexity index is 478. The van der Waals surface area contributed by atoms with Crippen molar-refractivity contribution in [2.24, 2.45) is 5.73 Å². The molecule has 3 N–H and O–H groups in total. The lowest BCUT2D eigenvalue weighted by Gasteiger charge is -2.39. The molecular formula is C16H22N2O2. The van der Waals surface area contributed by atoms with Crippen LogP contribution in [0.1, 0.15) is 48.9 Å². The molecule has 1 atom stereocenters. The molecule has 3 rings (SSSR count). The van der Waals surface area contributed by atoms with Gasteiger partial charge in [-0.1, -0.05) is 12.8 Å². The van der Waals surface area contributed by atoms with E-state index in [1.165, 1.54) is 25.7 Å². The Labute approximate surface area is 119 Å². The normalized spacial score (nSPS) is 24.7. The Hall–Kier alpha value is -1.55. The number of hydrogen-bond donors (Lipinski definition) is 2. The fraction of sp³-hybridized carbons (Fsp3) is 0.562. The number of ether oxygens (including phenoxy) is 1. The van der Waals surface area contributed by atoms with Crippen molar-refractivity contribution in [3.63, 3.8) is 0 Å². The van der Waals surface area contributed by atoms with Gasteiger partial charge in [0.15, 0.2) is 0 Å². The van der Waals surface area contributed by atoms with Crippen molar-refractivity contribution in [3.05, 3.63) is 29.8 Å². The van der Waals surface area contributed by atoms with E-state index in [9.17, 15) is 4.79 Å². The van der Waals surface area contributed by atoms with E-state index in [0.717, 1.165) is 25.1 Å². The van der Waals surface area contributed by atoms with Crippen molar-refractivity contribution in [1.29, 1.82) is 0 Å². The summed E-state index contributed by atoms with van der Waals surface area (Å²) in [5.74, 6) is -0.382. The van der Waals surface area contributed by atoms with Gasteiger partial charge < -0.3 is 15.8 Å². The highest BCUT2D eigenvalue weighted by atomic mass is 16.5. The Morgan fingerprint density at radius 2 is 1.95 bits per heavy atom. The van der Waals surface area contributed by atoms with E-state index in [4.69, 9.17) is 10.5 Å². The molecule has 2 aliphatic rings. The van der Waals surface area contributed by atoms with Gasteiger partial charge in [0.25, 0.3) is 0 Å². The Morgan fingerprint density at radius 3 is 2.60 bits per heavy atom. The maximum atomic E-state index is 11.1. The minimum atomic E-state index is -0.382. The summed E-state index contributed by atoms with van der Waals surface area (Å²) < 4.78 is 6.04. The largest absolute Gasteiger partial charge is 0.382 e. The monoisotopic (exact) mass is 274 g/mol. The van der Waals surface area contributed by atoms with Crippen molar-refractivity contribution in [2.45, 2.75) is 50.2 Å². The van der Waals surface area contributed by atoms with Crippen LogP contribution in [0, 0.1) is 0 Å². The number of benzene rings is 1. The topological polar surface area (TPSA) is 64.4 Å². The standard InChI is InChI=1S/C16H22N2O2/c17-15(19)12-3-5-13(6-4-12)18-14-7-10-20-16(11-14)8-1-2-9-16/h3-6,14,18H,1-2,7-11H2,(H2,17,19). The minimum absolute atomic E-state index is 0.128. The van der Waals surface area contributed by atoms with Crippen molar-refractivity contribution in [1.82, 2.24) is 0 Å². The van der Waals surface area contributed by atoms with Gasteiger partial charge in [-0.3, -0.25) is 4.79 Å². The van der Waals surface area contributed by atoms with Gasteiger partial charge in [-0.05, 0) is 49.9 Å². The quantitative estimate of drug-likeness (QED) is 0.890. The molecule has 1 unspecified atom stereocenters. The van der Waals surface area contributed by atoms with Crippen LogP contribution in [0.15, 0.2) is 24.3 Å². The van der Waals surface area contributed by atoms with Gasteiger partial charge in [-0.2, -0.15) is 0 Å². The molecule has 0 radical (unpaired) electrons. The summed E-state index contributed by atoms with van der Waals surface area (Å²) in [6, 6.07) is 7.86. The van der Waals surface area contributed by atoms with Crippen LogP contribution in [0.5, 0.6) is 0 Å². The summed E-state index contributed by atoms with van der Waals surface area (Å²) in [5.41, 5.74) is 6.98. The fourth-order valence-electron chi connectivity index (χ4n) is 3.49. The minimum Gasteiger partial charge on any atom is -0.382 e. The molecule has 1 aliphatic heterocycles. The van der Waals surface area contributed by atoms with Gasteiger partial charge in [-0.15, -0.1) is 0 Å². The first kappa shape index (κ1) is 13.4. The van der Waals surface area contributed by atoms with Crippen LogP contribution < -0.4 is 11.1 Å². The molecule has 0 bridgehead atoms. The molecule has 1 amide bonds. The summed E-state index contributed by atoms with van der Waals surface area (Å²) >= 11 is 0. The summed E-state index contributed by atoms with van der Waals surface area (Å²) in [6.45, 7) is 0.844. The predicted octanol–water partition coefficient (Wildman–Crippen LogP) is 2.69. The van der Waals surface area contributed by atoms with Crippen LogP contribution in [0.25, 0.3) is 0 Å². The maximum absolute atomic E-state index is 11.1. The second-order valence-electron chi connectivity index (χ2n) is 6.01. The van der Waals surface area contributed by atoms with Gasteiger partial charge in [0.2, 0.25) is 5.91 Å². The summed E-state index contributed by atoms with van der Waals surface area (Å²) in [7, 11) is 0. The second kappa shape index (κ2) is 5.44. The van der Waals surface area contributed by atoms with E-state index in [1.807, 2.05) is 12.1 Å². The van der Waals surface area contributed by atoms with Crippen LogP contribution >= 0.6 is 0 Å². The zero-order valence-electron chi connectivity index (χ0n) is 11.7. The lowest BCUT2D eigenvalue weighted by molar-refractivity contribution is -0.0767. The first-order valence-electron chi connectivity index (χ1n) is 7.47. The molecule has 1 saturated carbocycles. The van der Waals surface area contributed by atoms with Crippen LogP contribution in [-0.4, -0.2) is 24.2 Å². The van der Waals surface area contributed by atoms with Crippen molar-refractivity contribution < 1.29 is 9.53 Å². The highest BCUT2D eigenvalue weighted by molar-refractivity contribution is 5.93. The van der Waals surface area contributed by atoms with Gasteiger partial charge in [-0.25, -0.2) is 0 Å². The third kappa shape index (κ3) is 2.80. The smallest absolute Gasteiger partial charge is 0.248 e. The fourth-order valence-corrected chi connectivity index (χ4v) is 3.49. The molecule has 108 valence electrons. The zero-order valence-corrected chi connectivity index (χ0v) is 11.7. The number of nitrogens with one attached hydrogen (secondary N) is 1. The number of carbonyl (C=O) groups is 1. The van der Waals surface area contributed by atoms with Crippen LogP contribution in [0.4, 0.5) is 5.69 Å². The molecule has 20 heavy (non-hydrogen) atoms. The lowest BCUT2D eigenvalue weighted by Crippen LogP contribution is -2.42. The Morgan fingerprint density at radius 1 is 1.25 bits per heavy atom. The zero-order chi connectivity index (χ0) is 14.0. The molecule has 2 fully saturated rings. The average molecular weight is 274 g/mol. The van der Waals surface area contributed by atoms with Gasteiger partial charge in [0.1, 0.15) is 0 Å². The van der Waals surface area contributed by atoms with Crippen molar-refractivity contribution in [3.8, 4) is 0 Å². The van der Waals surface area contributed by atoms with E-state index in [1.54, 1.807) is 12.1 Å². The van der Waals surface area contributed by atoms with Crippen LogP contribution in [0.3, 0.4) is 0 Å². The number of rotatable bonds is 3. The van der Waals surface area contributed by atoms with Crippen molar-refractivity contribution in [2.75, 3.05) is 11.9 Å². The number of anilines is 1. The van der Waals surface area contributed by atoms with E-state index in [-0.39, 0.29) is 11.5 Å². The molecular weight excluding hydrogens is 252 g/mol. The maximum Gasteiger partial charge on any atom is 0.248 e. The van der Waals surface area contributed by atoms with Crippen LogP contribution in [0.2, 0.25) is 0 Å². The van der Waals surface area contributed by atoms with Gasteiger partial charge in [0.05, 0.1) is 5.60 Å². The molecule has 0 aromatic heterocycles. The van der Waals surface area contributed by atoms with Gasteiger partial charge in [0, 0.05) is 23.9 Å². The molecule has 4 nitrogen and oxygen atoms in total. The van der Waals surface area contributed by atoms with Crippen LogP contribution in [-0.2, 0) is 4.74 Å². The predicted molar refractivity (Wildman–Crippen MR) is 78.8 cm³/mol. The molecule has 1 spiro atoms. The Balaban J connectivity index is 1.63. The van der Waals surface area contributed by atoms with E-state index >= 15 is 0 Å². The summed E-state index contributed by atoms with van der Waals surface area (Å²) in [5, 5.41) is 3.57. The lowest BCUT2D eigenvalue weighted by atomic mass is 9.89. The first-order chi connectivity index (χ1) is 9.67. The highest BCUT2D eigenvalue weighted by Gasteiger charge is 2.39. The second-order valence-corrected chi connectivity index (χ2v) is 6.01. The highest BCUT2D eigenvalue weighted by Crippen LogP contribution is 2.40. The molecule has 1 saturated heterocycles. The molecule has 1 heterocycles. The van der Waals surface area contributed by atoms with E-state index in [0.29, 0.717) is 11.6 Å². The number of nitrogens with two attached hydrogens (primary N) is 1. The first-order valence-corrected chi connectivity index (χ1v) is 7.47. The average Bonchev–Trinajstić information content (AvgIpc) is 2.87. The molecule has 4 heteroatoms. The Kier molecular flexibility index (Phi) is 3.66. The molecule has 1 aromatic rings.